The Kier molecular flexibility index (Phi) is 5.39. The molecule has 4 nitrogen and oxygen atoms in total. The molecular formula is C21H17NO3S3. The summed E-state index contributed by atoms with van der Waals surface area (Å²) >= 11 is 2.82. The van der Waals surface area contributed by atoms with Gasteiger partial charge in [0.05, 0.1) is 9.77 Å². The van der Waals surface area contributed by atoms with E-state index in [1.165, 1.54) is 23.1 Å². The second kappa shape index (κ2) is 7.95. The van der Waals surface area contributed by atoms with E-state index in [-0.39, 0.29) is 15.2 Å². The van der Waals surface area contributed by atoms with E-state index in [0.29, 0.717) is 11.0 Å². The van der Waals surface area contributed by atoms with Crippen LogP contribution >= 0.6 is 23.1 Å². The summed E-state index contributed by atoms with van der Waals surface area (Å²) in [7, 11) is -3.79. The Morgan fingerprint density at radius 2 is 1.64 bits per heavy atom. The van der Waals surface area contributed by atoms with Gasteiger partial charge in [0, 0.05) is 5.25 Å². The summed E-state index contributed by atoms with van der Waals surface area (Å²) in [6.45, 7) is 2.02. The molecule has 2 aromatic heterocycles. The SMILES string of the molecule is C[C@@H](Sc1oc(-c2cccs2)nc1S(=O)(=O)c1ccccc1)c1ccccc1. The topological polar surface area (TPSA) is 60.2 Å². The van der Waals surface area contributed by atoms with Gasteiger partial charge in [0.25, 0.3) is 0 Å². The smallest absolute Gasteiger partial charge is 0.238 e. The summed E-state index contributed by atoms with van der Waals surface area (Å²) in [4.78, 5) is 5.38. The van der Waals surface area contributed by atoms with Gasteiger partial charge in [0.1, 0.15) is 0 Å². The lowest BCUT2D eigenvalue weighted by Gasteiger charge is -2.10. The van der Waals surface area contributed by atoms with Crippen molar-refractivity contribution < 1.29 is 12.8 Å². The molecule has 2 heterocycles. The third kappa shape index (κ3) is 3.78. The van der Waals surface area contributed by atoms with E-state index in [9.17, 15) is 8.42 Å². The molecule has 0 saturated carbocycles. The summed E-state index contributed by atoms with van der Waals surface area (Å²) in [5.41, 5.74) is 1.09. The maximum absolute atomic E-state index is 13.2. The fourth-order valence-corrected chi connectivity index (χ4v) is 5.92. The molecule has 4 aromatic rings. The lowest BCUT2D eigenvalue weighted by atomic mass is 10.2. The first-order chi connectivity index (χ1) is 13.6. The molecule has 0 amide bonds. The van der Waals surface area contributed by atoms with Crippen LogP contribution in [0, 0.1) is 0 Å². The molecule has 0 unspecified atom stereocenters. The number of nitrogens with zero attached hydrogens (tertiary/aromatic N) is 1. The van der Waals surface area contributed by atoms with Gasteiger partial charge in [-0.3, -0.25) is 0 Å². The fraction of sp³-hybridized carbons (Fsp3) is 0.0952. The first kappa shape index (κ1) is 19.0. The van der Waals surface area contributed by atoms with Crippen LogP contribution in [-0.2, 0) is 9.84 Å². The summed E-state index contributed by atoms with van der Waals surface area (Å²) in [5, 5.41) is 2.19. The summed E-state index contributed by atoms with van der Waals surface area (Å²) in [6, 6.07) is 22.0. The number of hydrogen-bond acceptors (Lipinski definition) is 6. The van der Waals surface area contributed by atoms with E-state index in [4.69, 9.17) is 4.42 Å². The molecular weight excluding hydrogens is 410 g/mol. The fourth-order valence-electron chi connectivity index (χ4n) is 2.71. The maximum Gasteiger partial charge on any atom is 0.238 e. The number of benzene rings is 2. The Morgan fingerprint density at radius 3 is 2.29 bits per heavy atom. The average Bonchev–Trinajstić information content (AvgIpc) is 3.39. The third-order valence-electron chi connectivity index (χ3n) is 4.16. The van der Waals surface area contributed by atoms with Crippen LogP contribution in [0.4, 0.5) is 0 Å². The minimum Gasteiger partial charge on any atom is -0.427 e. The molecule has 2 aromatic carbocycles. The molecule has 0 aliphatic carbocycles. The Hall–Kier alpha value is -2.35. The van der Waals surface area contributed by atoms with Crippen LogP contribution in [0.1, 0.15) is 17.7 Å². The summed E-state index contributed by atoms with van der Waals surface area (Å²) in [6.07, 6.45) is 0. The largest absolute Gasteiger partial charge is 0.427 e. The minimum absolute atomic E-state index is 0.00931. The van der Waals surface area contributed by atoms with Gasteiger partial charge in [-0.15, -0.1) is 11.3 Å². The van der Waals surface area contributed by atoms with E-state index in [1.807, 2.05) is 54.8 Å². The van der Waals surface area contributed by atoms with Gasteiger partial charge in [-0.05, 0) is 36.1 Å². The number of thiophene rings is 1. The highest BCUT2D eigenvalue weighted by Crippen LogP contribution is 2.42. The highest BCUT2D eigenvalue weighted by Gasteiger charge is 2.30. The van der Waals surface area contributed by atoms with Crippen molar-refractivity contribution >= 4 is 32.9 Å². The average molecular weight is 428 g/mol. The minimum atomic E-state index is -3.79. The van der Waals surface area contributed by atoms with Crippen LogP contribution in [-0.4, -0.2) is 13.4 Å². The lowest BCUT2D eigenvalue weighted by Crippen LogP contribution is -2.04. The Balaban J connectivity index is 1.78. The Labute approximate surface area is 172 Å². The lowest BCUT2D eigenvalue weighted by molar-refractivity contribution is 0.470. The van der Waals surface area contributed by atoms with Crippen LogP contribution < -0.4 is 0 Å². The second-order valence-electron chi connectivity index (χ2n) is 6.08. The highest BCUT2D eigenvalue weighted by molar-refractivity contribution is 8.00. The third-order valence-corrected chi connectivity index (χ3v) is 7.94. The quantitative estimate of drug-likeness (QED) is 0.349. The van der Waals surface area contributed by atoms with Gasteiger partial charge in [-0.25, -0.2) is 8.42 Å². The van der Waals surface area contributed by atoms with Crippen molar-refractivity contribution in [3.8, 4) is 10.8 Å². The predicted molar refractivity (Wildman–Crippen MR) is 112 cm³/mol. The Morgan fingerprint density at radius 1 is 0.964 bits per heavy atom. The standard InChI is InChI=1S/C21H17NO3S3/c1-15(16-9-4-2-5-10-16)27-21-20(22-19(25-21)18-13-8-14-26-18)28(23,24)17-11-6-3-7-12-17/h2-15H,1H3/t15-/m1/s1. The van der Waals surface area contributed by atoms with E-state index >= 15 is 0 Å². The molecule has 4 rings (SSSR count). The molecule has 0 radical (unpaired) electrons. The van der Waals surface area contributed by atoms with Gasteiger partial charge in [0.2, 0.25) is 25.8 Å². The van der Waals surface area contributed by atoms with Crippen LogP contribution in [0.25, 0.3) is 10.8 Å². The van der Waals surface area contributed by atoms with Crippen molar-refractivity contribution in [2.45, 2.75) is 27.2 Å². The zero-order valence-corrected chi connectivity index (χ0v) is 17.4. The van der Waals surface area contributed by atoms with Crippen LogP contribution in [0.2, 0.25) is 0 Å². The predicted octanol–water partition coefficient (Wildman–Crippen LogP) is 6.09. The molecule has 0 spiro atoms. The zero-order chi connectivity index (χ0) is 19.6. The van der Waals surface area contributed by atoms with Crippen molar-refractivity contribution in [2.75, 3.05) is 0 Å². The van der Waals surface area contributed by atoms with Gasteiger partial charge in [-0.2, -0.15) is 4.98 Å². The molecule has 1 atom stereocenters. The number of oxazole rings is 1. The molecule has 142 valence electrons. The van der Waals surface area contributed by atoms with Gasteiger partial charge < -0.3 is 4.42 Å². The zero-order valence-electron chi connectivity index (χ0n) is 15.0. The first-order valence-electron chi connectivity index (χ1n) is 8.62. The first-order valence-corrected chi connectivity index (χ1v) is 11.9. The number of thioether (sulfide) groups is 1. The molecule has 0 aliphatic rings. The van der Waals surface area contributed by atoms with E-state index in [0.717, 1.165) is 10.4 Å². The van der Waals surface area contributed by atoms with Crippen molar-refractivity contribution in [3.05, 3.63) is 83.7 Å². The maximum atomic E-state index is 13.2. The van der Waals surface area contributed by atoms with E-state index in [1.54, 1.807) is 30.3 Å². The van der Waals surface area contributed by atoms with Gasteiger partial charge in [-0.1, -0.05) is 66.4 Å². The van der Waals surface area contributed by atoms with Gasteiger partial charge in [0.15, 0.2) is 0 Å². The molecule has 0 bridgehead atoms. The number of sulfone groups is 1. The molecule has 0 aliphatic heterocycles. The van der Waals surface area contributed by atoms with Crippen molar-refractivity contribution in [3.63, 3.8) is 0 Å². The van der Waals surface area contributed by atoms with Gasteiger partial charge >= 0.3 is 0 Å². The van der Waals surface area contributed by atoms with E-state index in [2.05, 4.69) is 4.98 Å². The van der Waals surface area contributed by atoms with Crippen molar-refractivity contribution in [1.29, 1.82) is 0 Å². The monoisotopic (exact) mass is 427 g/mol. The molecule has 28 heavy (non-hydrogen) atoms. The summed E-state index contributed by atoms with van der Waals surface area (Å²) < 4.78 is 32.4. The summed E-state index contributed by atoms with van der Waals surface area (Å²) in [5.74, 6) is 0.326. The number of hydrogen-bond donors (Lipinski definition) is 0. The van der Waals surface area contributed by atoms with Crippen molar-refractivity contribution in [1.82, 2.24) is 4.98 Å². The van der Waals surface area contributed by atoms with Crippen LogP contribution in [0.3, 0.4) is 0 Å². The van der Waals surface area contributed by atoms with Crippen molar-refractivity contribution in [2.24, 2.45) is 0 Å². The number of rotatable bonds is 6. The Bertz CT molecular complexity index is 1150. The highest BCUT2D eigenvalue weighted by atomic mass is 32.2. The molecule has 0 saturated heterocycles. The molecule has 7 heteroatoms. The van der Waals surface area contributed by atoms with Crippen LogP contribution in [0.15, 0.2) is 97.6 Å². The van der Waals surface area contributed by atoms with E-state index < -0.39 is 9.84 Å². The second-order valence-corrected chi connectivity index (χ2v) is 10.2. The molecule has 0 N–H and O–H groups in total. The molecule has 0 fully saturated rings. The number of aromatic nitrogens is 1. The normalized spacial score (nSPS) is 12.8. The van der Waals surface area contributed by atoms with Crippen LogP contribution in [0.5, 0.6) is 0 Å².